The number of para-hydroxylation sites is 1. The number of aliphatic imine (C=N–C) groups is 1. The monoisotopic (exact) mass is 309 g/mol. The highest BCUT2D eigenvalue weighted by Gasteiger charge is 2.51. The fraction of sp³-hybridized carbons (Fsp3) is 0.471. The smallest absolute Gasteiger partial charge is 0.292 e. The zero-order valence-corrected chi connectivity index (χ0v) is 12.9. The Morgan fingerprint density at radius 1 is 1.22 bits per heavy atom. The number of hydrogen-bond donors (Lipinski definition) is 1. The topological polar surface area (TPSA) is 62.6 Å². The third-order valence-corrected chi connectivity index (χ3v) is 5.32. The molecule has 0 amide bonds. The van der Waals surface area contributed by atoms with Crippen LogP contribution < -0.4 is 5.32 Å². The van der Waals surface area contributed by atoms with Crippen molar-refractivity contribution in [2.45, 2.75) is 18.4 Å². The van der Waals surface area contributed by atoms with Crippen LogP contribution in [0.25, 0.3) is 10.9 Å². The number of amidine groups is 1. The van der Waals surface area contributed by atoms with Crippen molar-refractivity contribution in [1.29, 1.82) is 0 Å². The molecule has 3 fully saturated rings. The molecule has 4 aliphatic heterocycles. The molecule has 0 saturated carbocycles. The average molecular weight is 309 g/mol. The van der Waals surface area contributed by atoms with Gasteiger partial charge in [0.05, 0.1) is 12.1 Å². The van der Waals surface area contributed by atoms with Gasteiger partial charge in [0.2, 0.25) is 5.95 Å². The molecule has 3 saturated heterocycles. The number of hydrogen-bond acceptors (Lipinski definition) is 6. The molecular weight excluding hydrogens is 290 g/mol. The molecule has 2 aromatic rings. The van der Waals surface area contributed by atoms with Gasteiger partial charge in [-0.25, -0.2) is 15.0 Å². The van der Waals surface area contributed by atoms with E-state index in [0.29, 0.717) is 17.9 Å². The third-order valence-electron chi connectivity index (χ3n) is 5.32. The van der Waals surface area contributed by atoms with Crippen molar-refractivity contribution < 1.29 is 4.74 Å². The number of anilines is 1. The van der Waals surface area contributed by atoms with E-state index < -0.39 is 0 Å². The minimum atomic E-state index is -0.129. The first-order valence-electron chi connectivity index (χ1n) is 8.25. The zero-order valence-electron chi connectivity index (χ0n) is 12.9. The SMILES string of the molecule is c1ccc2nc(NC3=NC[C@@]4(CN5CCC4CC5)O3)ncc2c1. The number of fused-ring (bicyclic) bond motifs is 3. The van der Waals surface area contributed by atoms with Gasteiger partial charge in [-0.15, -0.1) is 0 Å². The van der Waals surface area contributed by atoms with Crippen LogP contribution in [0.4, 0.5) is 5.95 Å². The predicted molar refractivity (Wildman–Crippen MR) is 88.4 cm³/mol. The van der Waals surface area contributed by atoms with Crippen molar-refractivity contribution in [2.24, 2.45) is 10.9 Å². The summed E-state index contributed by atoms with van der Waals surface area (Å²) in [6, 6.07) is 8.51. The lowest BCUT2D eigenvalue weighted by molar-refractivity contribution is -0.0829. The molecule has 1 spiro atoms. The van der Waals surface area contributed by atoms with Crippen molar-refractivity contribution in [1.82, 2.24) is 14.9 Å². The van der Waals surface area contributed by atoms with E-state index in [1.165, 1.54) is 25.9 Å². The summed E-state index contributed by atoms with van der Waals surface area (Å²) in [5.41, 5.74) is 0.788. The molecule has 5 heterocycles. The van der Waals surface area contributed by atoms with E-state index in [9.17, 15) is 0 Å². The van der Waals surface area contributed by atoms with Crippen LogP contribution in [-0.4, -0.2) is 52.7 Å². The van der Waals surface area contributed by atoms with Crippen molar-refractivity contribution in [3.63, 3.8) is 0 Å². The summed E-state index contributed by atoms with van der Waals surface area (Å²) < 4.78 is 6.26. The van der Waals surface area contributed by atoms with Gasteiger partial charge in [-0.05, 0) is 32.0 Å². The summed E-state index contributed by atoms with van der Waals surface area (Å²) >= 11 is 0. The number of nitrogens with one attached hydrogen (secondary N) is 1. The Morgan fingerprint density at radius 3 is 2.91 bits per heavy atom. The van der Waals surface area contributed by atoms with E-state index >= 15 is 0 Å². The minimum Gasteiger partial charge on any atom is -0.455 e. The Labute approximate surface area is 134 Å². The van der Waals surface area contributed by atoms with Crippen LogP contribution in [0.2, 0.25) is 0 Å². The average Bonchev–Trinajstić information content (AvgIpc) is 2.98. The van der Waals surface area contributed by atoms with Gasteiger partial charge in [-0.2, -0.15) is 0 Å². The van der Waals surface area contributed by atoms with E-state index in [2.05, 4.69) is 25.2 Å². The molecule has 1 aromatic heterocycles. The van der Waals surface area contributed by atoms with E-state index in [4.69, 9.17) is 4.74 Å². The quantitative estimate of drug-likeness (QED) is 0.871. The Morgan fingerprint density at radius 2 is 2.09 bits per heavy atom. The maximum Gasteiger partial charge on any atom is 0.292 e. The minimum absolute atomic E-state index is 0.129. The fourth-order valence-electron chi connectivity index (χ4n) is 4.08. The Kier molecular flexibility index (Phi) is 2.82. The molecule has 4 aliphatic rings. The van der Waals surface area contributed by atoms with Crippen LogP contribution in [-0.2, 0) is 4.74 Å². The Hall–Kier alpha value is -2.21. The van der Waals surface area contributed by atoms with E-state index in [1.807, 2.05) is 30.5 Å². The molecule has 0 unspecified atom stereocenters. The highest BCUT2D eigenvalue weighted by molar-refractivity contribution is 5.90. The van der Waals surface area contributed by atoms with Gasteiger partial charge in [-0.3, -0.25) is 10.2 Å². The van der Waals surface area contributed by atoms with E-state index in [1.54, 1.807) is 0 Å². The predicted octanol–water partition coefficient (Wildman–Crippen LogP) is 1.89. The molecule has 0 aliphatic carbocycles. The second-order valence-corrected chi connectivity index (χ2v) is 6.72. The Bertz CT molecular complexity index is 783. The highest BCUT2D eigenvalue weighted by atomic mass is 16.5. The van der Waals surface area contributed by atoms with Gasteiger partial charge in [0, 0.05) is 24.0 Å². The third kappa shape index (κ3) is 2.16. The zero-order chi connectivity index (χ0) is 15.3. The molecule has 1 atom stereocenters. The molecule has 23 heavy (non-hydrogen) atoms. The lowest BCUT2D eigenvalue weighted by Crippen LogP contribution is -2.61. The summed E-state index contributed by atoms with van der Waals surface area (Å²) in [6.45, 7) is 4.13. The van der Waals surface area contributed by atoms with Crippen LogP contribution in [0.5, 0.6) is 0 Å². The molecule has 1 N–H and O–H groups in total. The van der Waals surface area contributed by atoms with E-state index in [-0.39, 0.29) is 5.60 Å². The van der Waals surface area contributed by atoms with Gasteiger partial charge < -0.3 is 4.74 Å². The number of piperidine rings is 3. The molecule has 6 heteroatoms. The number of ether oxygens (including phenoxy) is 1. The summed E-state index contributed by atoms with van der Waals surface area (Å²) in [5.74, 6) is 1.16. The lowest BCUT2D eigenvalue weighted by atomic mass is 9.75. The van der Waals surface area contributed by atoms with Gasteiger partial charge in [0.1, 0.15) is 5.60 Å². The van der Waals surface area contributed by atoms with Gasteiger partial charge >= 0.3 is 0 Å². The van der Waals surface area contributed by atoms with Crippen LogP contribution in [0.15, 0.2) is 35.5 Å². The molecule has 118 valence electrons. The van der Waals surface area contributed by atoms with Crippen molar-refractivity contribution in [3.05, 3.63) is 30.5 Å². The first-order valence-corrected chi connectivity index (χ1v) is 8.25. The first kappa shape index (κ1) is 13.2. The summed E-state index contributed by atoms with van der Waals surface area (Å²) in [6.07, 6.45) is 4.26. The summed E-state index contributed by atoms with van der Waals surface area (Å²) in [5, 5.41) is 4.18. The molecule has 6 nitrogen and oxygen atoms in total. The fourth-order valence-corrected chi connectivity index (χ4v) is 4.08. The largest absolute Gasteiger partial charge is 0.455 e. The van der Waals surface area contributed by atoms with Crippen LogP contribution in [0.1, 0.15) is 12.8 Å². The molecule has 0 radical (unpaired) electrons. The number of aromatic nitrogens is 2. The molecular formula is C17H19N5O. The first-order chi connectivity index (χ1) is 11.3. The second kappa shape index (κ2) is 4.89. The van der Waals surface area contributed by atoms with Gasteiger partial charge in [-0.1, -0.05) is 18.2 Å². The molecule has 1 aromatic carbocycles. The van der Waals surface area contributed by atoms with Crippen LogP contribution >= 0.6 is 0 Å². The summed E-state index contributed by atoms with van der Waals surface area (Å²) in [4.78, 5) is 16.0. The molecule has 2 bridgehead atoms. The van der Waals surface area contributed by atoms with Gasteiger partial charge in [0.25, 0.3) is 6.02 Å². The normalized spacial score (nSPS) is 32.1. The van der Waals surface area contributed by atoms with Crippen molar-refractivity contribution >= 4 is 22.9 Å². The summed E-state index contributed by atoms with van der Waals surface area (Å²) in [7, 11) is 0. The second-order valence-electron chi connectivity index (χ2n) is 6.72. The number of nitrogens with zero attached hydrogens (tertiary/aromatic N) is 4. The number of benzene rings is 1. The number of rotatable bonds is 1. The standard InChI is InChI=1S/C17H19N5O/c1-2-4-14-12(3-1)9-18-15(20-14)21-16-19-10-17(23-16)11-22-7-5-13(17)6-8-22/h1-4,9,13H,5-8,10-11H2,(H,18,19,20,21)/t17-/m0/s1. The maximum atomic E-state index is 6.26. The Balaban J connectivity index is 1.35. The van der Waals surface area contributed by atoms with Crippen molar-refractivity contribution in [2.75, 3.05) is 31.5 Å². The maximum absolute atomic E-state index is 6.26. The van der Waals surface area contributed by atoms with Crippen LogP contribution in [0.3, 0.4) is 0 Å². The van der Waals surface area contributed by atoms with Crippen molar-refractivity contribution in [3.8, 4) is 0 Å². The van der Waals surface area contributed by atoms with Crippen LogP contribution in [0, 0.1) is 5.92 Å². The van der Waals surface area contributed by atoms with E-state index in [0.717, 1.165) is 24.0 Å². The molecule has 6 rings (SSSR count). The lowest BCUT2D eigenvalue weighted by Gasteiger charge is -2.50. The highest BCUT2D eigenvalue weighted by Crippen LogP contribution is 2.40. The van der Waals surface area contributed by atoms with Gasteiger partial charge in [0.15, 0.2) is 0 Å².